The highest BCUT2D eigenvalue weighted by molar-refractivity contribution is 9.10. The molecule has 1 aromatic heterocycles. The fraction of sp³-hybridized carbons (Fsp3) is 0.250. The molecule has 1 heterocycles. The minimum atomic E-state index is -0.335. The third kappa shape index (κ3) is 4.13. The van der Waals surface area contributed by atoms with Crippen LogP contribution >= 0.6 is 15.9 Å². The Morgan fingerprint density at radius 1 is 1.43 bits per heavy atom. The molecule has 2 rings (SSSR count). The van der Waals surface area contributed by atoms with Gasteiger partial charge in [-0.3, -0.25) is 4.79 Å². The maximum Gasteiger partial charge on any atom is 0.271 e. The van der Waals surface area contributed by atoms with Crippen molar-refractivity contribution in [1.29, 1.82) is 0 Å². The minimum absolute atomic E-state index is 0.335. The number of carbonyl (C=O) groups excluding carboxylic acids is 1. The normalized spacial score (nSPS) is 11.2. The number of hydrogen-bond donors (Lipinski definition) is 2. The Kier molecular flexibility index (Phi) is 5.81. The van der Waals surface area contributed by atoms with E-state index in [1.807, 2.05) is 19.1 Å². The quantitative estimate of drug-likeness (QED) is 0.596. The maximum atomic E-state index is 12.3. The minimum Gasteiger partial charge on any atom is -0.493 e. The van der Waals surface area contributed by atoms with Gasteiger partial charge in [-0.2, -0.15) is 5.10 Å². The van der Waals surface area contributed by atoms with Crippen molar-refractivity contribution in [2.24, 2.45) is 5.10 Å². The van der Waals surface area contributed by atoms with Crippen LogP contribution in [0.3, 0.4) is 0 Å². The van der Waals surface area contributed by atoms with E-state index in [1.165, 1.54) is 7.11 Å². The summed E-state index contributed by atoms with van der Waals surface area (Å²) in [7, 11) is 1.53. The van der Waals surface area contributed by atoms with E-state index in [0.29, 0.717) is 33.9 Å². The first-order valence-corrected chi connectivity index (χ1v) is 7.84. The Hall–Kier alpha value is -2.28. The number of rotatable bonds is 6. The third-order valence-electron chi connectivity index (χ3n) is 3.09. The highest BCUT2D eigenvalue weighted by atomic mass is 79.9. The Balaban J connectivity index is 2.19. The molecule has 1 amide bonds. The van der Waals surface area contributed by atoms with Crippen LogP contribution in [0.5, 0.6) is 11.5 Å². The molecule has 0 aliphatic heterocycles. The Bertz CT molecular complexity index is 712. The summed E-state index contributed by atoms with van der Waals surface area (Å²) >= 11 is 3.39. The van der Waals surface area contributed by atoms with Gasteiger partial charge < -0.3 is 14.5 Å². The van der Waals surface area contributed by atoms with E-state index in [9.17, 15) is 4.79 Å². The summed E-state index contributed by atoms with van der Waals surface area (Å²) in [5.74, 6) is 0.715. The fourth-order valence-electron chi connectivity index (χ4n) is 1.95. The monoisotopic (exact) mass is 379 g/mol. The van der Waals surface area contributed by atoms with Crippen molar-refractivity contribution in [3.05, 3.63) is 46.2 Å². The van der Waals surface area contributed by atoms with Crippen LogP contribution in [0, 0.1) is 0 Å². The largest absolute Gasteiger partial charge is 0.493 e. The molecule has 7 heteroatoms. The average molecular weight is 380 g/mol. The summed E-state index contributed by atoms with van der Waals surface area (Å²) in [6, 6.07) is 7.03. The summed E-state index contributed by atoms with van der Waals surface area (Å²) in [6.45, 7) is 4.19. The molecule has 0 aliphatic rings. The summed E-state index contributed by atoms with van der Waals surface area (Å²) < 4.78 is 11.4. The van der Waals surface area contributed by atoms with Gasteiger partial charge in [0.2, 0.25) is 0 Å². The number of aromatic nitrogens is 1. The summed E-state index contributed by atoms with van der Waals surface area (Å²) in [5.41, 5.74) is 4.47. The number of hydrazone groups is 1. The van der Waals surface area contributed by atoms with Crippen molar-refractivity contribution in [2.45, 2.75) is 13.8 Å². The van der Waals surface area contributed by atoms with E-state index in [4.69, 9.17) is 9.47 Å². The van der Waals surface area contributed by atoms with Gasteiger partial charge in [-0.15, -0.1) is 0 Å². The number of ether oxygens (including phenoxy) is 2. The predicted octanol–water partition coefficient (Wildman–Crippen LogP) is 3.34. The van der Waals surface area contributed by atoms with E-state index in [-0.39, 0.29) is 5.91 Å². The second-order valence-corrected chi connectivity index (χ2v) is 5.50. The van der Waals surface area contributed by atoms with Gasteiger partial charge in [-0.25, -0.2) is 5.43 Å². The van der Waals surface area contributed by atoms with Crippen LogP contribution in [0.15, 0.2) is 40.0 Å². The first-order valence-electron chi connectivity index (χ1n) is 7.05. The van der Waals surface area contributed by atoms with Crippen molar-refractivity contribution < 1.29 is 14.3 Å². The Labute approximate surface area is 143 Å². The lowest BCUT2D eigenvalue weighted by molar-refractivity contribution is 0.0954. The predicted molar refractivity (Wildman–Crippen MR) is 92.3 cm³/mol. The molecule has 1 aromatic carbocycles. The van der Waals surface area contributed by atoms with Gasteiger partial charge in [0.1, 0.15) is 0 Å². The highest BCUT2D eigenvalue weighted by Gasteiger charge is 2.15. The molecule has 2 N–H and O–H groups in total. The van der Waals surface area contributed by atoms with Crippen molar-refractivity contribution in [3.63, 3.8) is 0 Å². The van der Waals surface area contributed by atoms with Crippen LogP contribution in [-0.4, -0.2) is 30.3 Å². The lowest BCUT2D eigenvalue weighted by atomic mass is 10.2. The lowest BCUT2D eigenvalue weighted by Gasteiger charge is -2.12. The summed E-state index contributed by atoms with van der Waals surface area (Å²) in [5, 5.41) is 4.09. The molecule has 0 saturated carbocycles. The Morgan fingerprint density at radius 3 is 2.83 bits per heavy atom. The van der Waals surface area contributed by atoms with E-state index in [2.05, 4.69) is 31.4 Å². The zero-order chi connectivity index (χ0) is 16.8. The summed E-state index contributed by atoms with van der Waals surface area (Å²) in [6.07, 6.45) is 1.80. The van der Waals surface area contributed by atoms with E-state index in [1.54, 1.807) is 25.3 Å². The van der Waals surface area contributed by atoms with Crippen LogP contribution in [0.4, 0.5) is 0 Å². The van der Waals surface area contributed by atoms with Crippen molar-refractivity contribution in [1.82, 2.24) is 10.4 Å². The molecule has 6 nitrogen and oxygen atoms in total. The second-order valence-electron chi connectivity index (χ2n) is 4.64. The molecule has 2 aromatic rings. The van der Waals surface area contributed by atoms with Crippen molar-refractivity contribution in [3.8, 4) is 11.5 Å². The molecule has 0 atom stereocenters. The first kappa shape index (κ1) is 17.1. The SMILES string of the molecule is CCOc1c(Br)cc(C(=O)N/N=C(\C)c2ccc[nH]2)cc1OC. The molecule has 0 saturated heterocycles. The zero-order valence-electron chi connectivity index (χ0n) is 13.1. The number of nitrogens with zero attached hydrogens (tertiary/aromatic N) is 1. The molecule has 0 bridgehead atoms. The van der Waals surface area contributed by atoms with Crippen molar-refractivity contribution in [2.75, 3.05) is 13.7 Å². The van der Waals surface area contributed by atoms with Gasteiger partial charge in [-0.05, 0) is 54.0 Å². The van der Waals surface area contributed by atoms with Gasteiger partial charge in [0, 0.05) is 11.8 Å². The number of nitrogens with one attached hydrogen (secondary N) is 2. The molecule has 122 valence electrons. The van der Waals surface area contributed by atoms with Gasteiger partial charge >= 0.3 is 0 Å². The zero-order valence-corrected chi connectivity index (χ0v) is 14.7. The van der Waals surface area contributed by atoms with Crippen LogP contribution in [0.25, 0.3) is 0 Å². The number of hydrogen-bond acceptors (Lipinski definition) is 4. The van der Waals surface area contributed by atoms with Gasteiger partial charge in [0.25, 0.3) is 5.91 Å². The number of amides is 1. The van der Waals surface area contributed by atoms with Crippen LogP contribution in [0.1, 0.15) is 29.9 Å². The molecule has 0 aliphatic carbocycles. The smallest absolute Gasteiger partial charge is 0.271 e. The number of halogens is 1. The lowest BCUT2D eigenvalue weighted by Crippen LogP contribution is -2.19. The van der Waals surface area contributed by atoms with Crippen LogP contribution in [-0.2, 0) is 0 Å². The van der Waals surface area contributed by atoms with Crippen LogP contribution in [0.2, 0.25) is 0 Å². The van der Waals surface area contributed by atoms with E-state index < -0.39 is 0 Å². The van der Waals surface area contributed by atoms with Gasteiger partial charge in [0.05, 0.1) is 29.6 Å². The topological polar surface area (TPSA) is 75.7 Å². The molecule has 0 radical (unpaired) electrons. The molecule has 23 heavy (non-hydrogen) atoms. The summed E-state index contributed by atoms with van der Waals surface area (Å²) in [4.78, 5) is 15.3. The van der Waals surface area contributed by atoms with Crippen LogP contribution < -0.4 is 14.9 Å². The molecular weight excluding hydrogens is 362 g/mol. The number of benzene rings is 1. The molecule has 0 unspecified atom stereocenters. The van der Waals surface area contributed by atoms with E-state index >= 15 is 0 Å². The number of H-pyrrole nitrogens is 1. The van der Waals surface area contributed by atoms with E-state index in [0.717, 1.165) is 5.69 Å². The number of carbonyl (C=O) groups is 1. The van der Waals surface area contributed by atoms with Crippen molar-refractivity contribution >= 4 is 27.5 Å². The fourth-order valence-corrected chi connectivity index (χ4v) is 2.51. The standard InChI is InChI=1S/C16H18BrN3O3/c1-4-23-15-12(17)8-11(9-14(15)22-3)16(21)20-19-10(2)13-6-5-7-18-13/h5-9,18H,4H2,1-3H3,(H,20,21)/b19-10+. The number of methoxy groups -OCH3 is 1. The molecule has 0 spiro atoms. The number of aromatic amines is 1. The first-order chi connectivity index (χ1) is 11.1. The third-order valence-corrected chi connectivity index (χ3v) is 3.68. The second kappa shape index (κ2) is 7.82. The highest BCUT2D eigenvalue weighted by Crippen LogP contribution is 2.36. The molecule has 0 fully saturated rings. The van der Waals surface area contributed by atoms with Gasteiger partial charge in [-0.1, -0.05) is 0 Å². The molecular formula is C16H18BrN3O3. The average Bonchev–Trinajstić information content (AvgIpc) is 3.08. The van der Waals surface area contributed by atoms with Gasteiger partial charge in [0.15, 0.2) is 11.5 Å². The Morgan fingerprint density at radius 2 is 2.22 bits per heavy atom. The maximum absolute atomic E-state index is 12.3.